The molecular weight excluding hydrogens is 278 g/mol. The van der Waals surface area contributed by atoms with Crippen LogP contribution in [0.15, 0.2) is 24.3 Å². The molecule has 0 aromatic heterocycles. The molecule has 0 unspecified atom stereocenters. The summed E-state index contributed by atoms with van der Waals surface area (Å²) in [7, 11) is 0. The number of aliphatic carboxylic acids is 1. The second kappa shape index (κ2) is 6.46. The van der Waals surface area contributed by atoms with E-state index < -0.39 is 16.9 Å². The number of ether oxygens (including phenoxy) is 1. The van der Waals surface area contributed by atoms with Crippen molar-refractivity contribution >= 4 is 17.6 Å². The average Bonchev–Trinajstić information content (AvgIpc) is 2.36. The van der Waals surface area contributed by atoms with Gasteiger partial charge in [-0.05, 0) is 52.0 Å². The fourth-order valence-electron chi connectivity index (χ4n) is 1.55. The van der Waals surface area contributed by atoms with Crippen LogP contribution in [0.25, 0.3) is 0 Å². The fraction of sp³-hybridized carbons (Fsp3) is 0.533. The Bertz CT molecular complexity index is 455. The normalized spacial score (nSPS) is 12.2. The minimum Gasteiger partial charge on any atom is -0.492 e. The van der Waals surface area contributed by atoms with Gasteiger partial charge < -0.3 is 15.2 Å². The molecular formula is C15H22ClNO3. The van der Waals surface area contributed by atoms with Crippen molar-refractivity contribution in [3.63, 3.8) is 0 Å². The Morgan fingerprint density at radius 2 is 1.80 bits per heavy atom. The number of carbonyl (C=O) groups is 1. The van der Waals surface area contributed by atoms with E-state index in [9.17, 15) is 9.90 Å². The van der Waals surface area contributed by atoms with Crippen molar-refractivity contribution in [3.8, 4) is 5.75 Å². The highest BCUT2D eigenvalue weighted by molar-refractivity contribution is 6.30. The third kappa shape index (κ3) is 4.12. The van der Waals surface area contributed by atoms with Crippen molar-refractivity contribution in [1.29, 1.82) is 0 Å². The maximum atomic E-state index is 11.3. The molecule has 1 rings (SSSR count). The summed E-state index contributed by atoms with van der Waals surface area (Å²) in [4.78, 5) is 11.3. The van der Waals surface area contributed by atoms with Gasteiger partial charge in [0.2, 0.25) is 0 Å². The number of nitrogens with one attached hydrogen (secondary N) is 1. The van der Waals surface area contributed by atoms with E-state index in [-0.39, 0.29) is 0 Å². The highest BCUT2D eigenvalue weighted by Gasteiger charge is 2.42. The van der Waals surface area contributed by atoms with E-state index in [0.717, 1.165) is 5.75 Å². The van der Waals surface area contributed by atoms with E-state index in [1.807, 2.05) is 13.8 Å². The fourth-order valence-corrected chi connectivity index (χ4v) is 1.68. The van der Waals surface area contributed by atoms with Gasteiger partial charge in [0.25, 0.3) is 0 Å². The minimum atomic E-state index is -0.868. The van der Waals surface area contributed by atoms with Crippen LogP contribution in [0.1, 0.15) is 27.7 Å². The Labute approximate surface area is 125 Å². The van der Waals surface area contributed by atoms with Crippen molar-refractivity contribution < 1.29 is 14.6 Å². The summed E-state index contributed by atoms with van der Waals surface area (Å²) < 4.78 is 5.56. The van der Waals surface area contributed by atoms with E-state index in [1.165, 1.54) is 0 Å². The SMILES string of the molecule is CC(C)(NCCOc1ccc(Cl)cc1)C(C)(C)C(=O)O. The zero-order valence-electron chi connectivity index (χ0n) is 12.4. The quantitative estimate of drug-likeness (QED) is 0.759. The molecule has 0 heterocycles. The molecule has 0 saturated heterocycles. The molecule has 1 aromatic rings. The molecule has 0 aliphatic heterocycles. The van der Waals surface area contributed by atoms with Crippen molar-refractivity contribution in [1.82, 2.24) is 5.32 Å². The third-order valence-corrected chi connectivity index (χ3v) is 4.10. The van der Waals surface area contributed by atoms with Gasteiger partial charge in [-0.3, -0.25) is 4.79 Å². The van der Waals surface area contributed by atoms with Crippen LogP contribution in [0.4, 0.5) is 0 Å². The molecule has 0 amide bonds. The highest BCUT2D eigenvalue weighted by Crippen LogP contribution is 2.30. The van der Waals surface area contributed by atoms with E-state index >= 15 is 0 Å². The van der Waals surface area contributed by atoms with E-state index in [4.69, 9.17) is 16.3 Å². The summed E-state index contributed by atoms with van der Waals surface area (Å²) in [5.74, 6) is -0.0832. The van der Waals surface area contributed by atoms with Crippen LogP contribution in [0.5, 0.6) is 5.75 Å². The zero-order chi connectivity index (χ0) is 15.4. The van der Waals surface area contributed by atoms with Gasteiger partial charge in [-0.15, -0.1) is 0 Å². The largest absolute Gasteiger partial charge is 0.492 e. The second-order valence-corrected chi connectivity index (χ2v) is 6.22. The summed E-state index contributed by atoms with van der Waals surface area (Å²) >= 11 is 5.79. The van der Waals surface area contributed by atoms with Crippen molar-refractivity contribution in [2.24, 2.45) is 5.41 Å². The molecule has 0 aliphatic carbocycles. The van der Waals surface area contributed by atoms with Gasteiger partial charge in [0.1, 0.15) is 12.4 Å². The molecule has 0 spiro atoms. The first-order chi connectivity index (χ1) is 9.17. The molecule has 0 radical (unpaired) electrons. The van der Waals surface area contributed by atoms with Gasteiger partial charge in [0, 0.05) is 17.1 Å². The maximum Gasteiger partial charge on any atom is 0.310 e. The lowest BCUT2D eigenvalue weighted by Crippen LogP contribution is -2.55. The number of hydrogen-bond acceptors (Lipinski definition) is 3. The summed E-state index contributed by atoms with van der Waals surface area (Å²) in [6, 6.07) is 7.13. The molecule has 1 aromatic carbocycles. The Morgan fingerprint density at radius 3 is 2.30 bits per heavy atom. The second-order valence-electron chi connectivity index (χ2n) is 5.78. The minimum absolute atomic E-state index is 0.459. The van der Waals surface area contributed by atoms with E-state index in [2.05, 4.69) is 5.32 Å². The van der Waals surface area contributed by atoms with Crippen LogP contribution in [-0.2, 0) is 4.79 Å². The molecule has 0 atom stereocenters. The lowest BCUT2D eigenvalue weighted by Gasteiger charge is -2.39. The van der Waals surface area contributed by atoms with Gasteiger partial charge in [0.05, 0.1) is 5.41 Å². The lowest BCUT2D eigenvalue weighted by atomic mass is 9.74. The van der Waals surface area contributed by atoms with Gasteiger partial charge in [-0.2, -0.15) is 0 Å². The maximum absolute atomic E-state index is 11.3. The molecule has 112 valence electrons. The molecule has 4 nitrogen and oxygen atoms in total. The Kier molecular flexibility index (Phi) is 5.42. The number of halogens is 1. The van der Waals surface area contributed by atoms with E-state index in [1.54, 1.807) is 38.1 Å². The summed E-state index contributed by atoms with van der Waals surface area (Å²) in [5, 5.41) is 13.2. The average molecular weight is 300 g/mol. The van der Waals surface area contributed by atoms with Crippen molar-refractivity contribution in [2.45, 2.75) is 33.2 Å². The molecule has 0 aliphatic rings. The monoisotopic (exact) mass is 299 g/mol. The van der Waals surface area contributed by atoms with E-state index in [0.29, 0.717) is 18.2 Å². The van der Waals surface area contributed by atoms with Crippen LogP contribution in [0, 0.1) is 5.41 Å². The Balaban J connectivity index is 2.44. The van der Waals surface area contributed by atoms with Crippen LogP contribution < -0.4 is 10.1 Å². The van der Waals surface area contributed by atoms with Crippen LogP contribution >= 0.6 is 11.6 Å². The van der Waals surface area contributed by atoms with Gasteiger partial charge in [-0.1, -0.05) is 11.6 Å². The van der Waals surface area contributed by atoms with Crippen molar-refractivity contribution in [2.75, 3.05) is 13.2 Å². The standard InChI is InChI=1S/C15H22ClNO3/c1-14(2,13(18)19)15(3,4)17-9-10-20-12-7-5-11(16)6-8-12/h5-8,17H,9-10H2,1-4H3,(H,18,19). The number of rotatable bonds is 7. The highest BCUT2D eigenvalue weighted by atomic mass is 35.5. The van der Waals surface area contributed by atoms with Crippen LogP contribution in [0.3, 0.4) is 0 Å². The molecule has 5 heteroatoms. The first-order valence-corrected chi connectivity index (χ1v) is 6.91. The molecule has 0 bridgehead atoms. The van der Waals surface area contributed by atoms with Crippen LogP contribution in [-0.4, -0.2) is 29.8 Å². The summed E-state index contributed by atoms with van der Waals surface area (Å²) in [6.07, 6.45) is 0. The molecule has 0 saturated carbocycles. The Morgan fingerprint density at radius 1 is 1.25 bits per heavy atom. The summed E-state index contributed by atoms with van der Waals surface area (Å²) in [6.45, 7) is 8.20. The van der Waals surface area contributed by atoms with Gasteiger partial charge in [0.15, 0.2) is 0 Å². The number of hydrogen-bond donors (Lipinski definition) is 2. The topological polar surface area (TPSA) is 58.6 Å². The third-order valence-electron chi connectivity index (χ3n) is 3.85. The Hall–Kier alpha value is -1.26. The van der Waals surface area contributed by atoms with Gasteiger partial charge >= 0.3 is 5.97 Å². The smallest absolute Gasteiger partial charge is 0.310 e. The lowest BCUT2D eigenvalue weighted by molar-refractivity contribution is -0.151. The summed E-state index contributed by atoms with van der Waals surface area (Å²) in [5.41, 5.74) is -1.41. The number of carboxylic acid groups (broad SMARTS) is 1. The number of carboxylic acids is 1. The molecule has 20 heavy (non-hydrogen) atoms. The zero-order valence-corrected chi connectivity index (χ0v) is 13.1. The predicted octanol–water partition coefficient (Wildman–Crippen LogP) is 3.20. The molecule has 2 N–H and O–H groups in total. The molecule has 0 fully saturated rings. The van der Waals surface area contributed by atoms with Gasteiger partial charge in [-0.25, -0.2) is 0 Å². The van der Waals surface area contributed by atoms with Crippen LogP contribution in [0.2, 0.25) is 5.02 Å². The number of benzene rings is 1. The first kappa shape index (κ1) is 16.8. The van der Waals surface area contributed by atoms with Crippen molar-refractivity contribution in [3.05, 3.63) is 29.3 Å². The first-order valence-electron chi connectivity index (χ1n) is 6.53. The predicted molar refractivity (Wildman–Crippen MR) is 80.4 cm³/mol.